The Morgan fingerprint density at radius 3 is 2.54 bits per heavy atom. The third-order valence-electron chi connectivity index (χ3n) is 2.83. The van der Waals surface area contributed by atoms with Crippen LogP contribution in [0.5, 0.6) is 11.5 Å². The number of hydrogen-bond acceptors (Lipinski definition) is 5. The van der Waals surface area contributed by atoms with E-state index in [1.54, 1.807) is 56.3 Å². The Morgan fingerprint density at radius 2 is 1.83 bits per heavy atom. The summed E-state index contributed by atoms with van der Waals surface area (Å²) in [6.45, 7) is 3.21. The zero-order valence-electron chi connectivity index (χ0n) is 13.3. The Kier molecular flexibility index (Phi) is 6.21. The lowest BCUT2D eigenvalue weighted by atomic mass is 10.2. The Morgan fingerprint density at radius 1 is 1.08 bits per heavy atom. The molecule has 5 nitrogen and oxygen atoms in total. The van der Waals surface area contributed by atoms with E-state index in [1.165, 1.54) is 6.07 Å². The number of rotatable bonds is 6. The molecule has 0 N–H and O–H groups in total. The molecule has 24 heavy (non-hydrogen) atoms. The maximum Gasteiger partial charge on any atom is 0.349 e. The van der Waals surface area contributed by atoms with E-state index >= 15 is 0 Å². The van der Waals surface area contributed by atoms with E-state index < -0.39 is 11.9 Å². The molecule has 0 saturated carbocycles. The fraction of sp³-hybridized carbons (Fsp3) is 0.222. The second kappa shape index (κ2) is 8.36. The highest BCUT2D eigenvalue weighted by atomic mass is 35.5. The van der Waals surface area contributed by atoms with Crippen molar-refractivity contribution < 1.29 is 23.8 Å². The summed E-state index contributed by atoms with van der Waals surface area (Å²) >= 11 is 5.94. The lowest BCUT2D eigenvalue weighted by Crippen LogP contribution is -2.18. The minimum atomic E-state index is -0.607. The number of esters is 2. The van der Waals surface area contributed by atoms with Gasteiger partial charge in [0.15, 0.2) is 6.61 Å². The number of carbonyl (C=O) groups excluding carboxylic acids is 2. The normalized spacial score (nSPS) is 10.3. The molecule has 2 rings (SSSR count). The summed E-state index contributed by atoms with van der Waals surface area (Å²) in [6.07, 6.45) is -0.229. The molecule has 126 valence electrons. The van der Waals surface area contributed by atoms with Gasteiger partial charge < -0.3 is 14.2 Å². The Hall–Kier alpha value is -2.53. The number of ether oxygens (including phenoxy) is 3. The van der Waals surface area contributed by atoms with Crippen LogP contribution in [0.3, 0.4) is 0 Å². The van der Waals surface area contributed by atoms with Gasteiger partial charge in [-0.1, -0.05) is 29.8 Å². The summed E-state index contributed by atoms with van der Waals surface area (Å²) in [7, 11) is 0. The third kappa shape index (κ3) is 5.28. The molecule has 0 unspecified atom stereocenters. The monoisotopic (exact) mass is 348 g/mol. The van der Waals surface area contributed by atoms with Crippen molar-refractivity contribution in [2.24, 2.45) is 0 Å². The van der Waals surface area contributed by atoms with E-state index in [0.29, 0.717) is 16.3 Å². The van der Waals surface area contributed by atoms with Crippen LogP contribution in [0.2, 0.25) is 5.02 Å². The highest BCUT2D eigenvalue weighted by Crippen LogP contribution is 2.23. The van der Waals surface area contributed by atoms with Gasteiger partial charge in [-0.05, 0) is 44.2 Å². The standard InChI is InChI=1S/C18H17ClO5/c1-12(2)23-18(21)13-6-5-7-14(10-13)24-17(20)11-22-16-9-4-3-8-15(16)19/h3-10,12H,11H2,1-2H3. The van der Waals surface area contributed by atoms with Crippen molar-refractivity contribution in [2.75, 3.05) is 6.61 Å². The van der Waals surface area contributed by atoms with Crippen LogP contribution in [0.25, 0.3) is 0 Å². The van der Waals surface area contributed by atoms with Crippen molar-refractivity contribution in [1.82, 2.24) is 0 Å². The van der Waals surface area contributed by atoms with E-state index in [4.69, 9.17) is 25.8 Å². The van der Waals surface area contributed by atoms with E-state index in [0.717, 1.165) is 0 Å². The van der Waals surface area contributed by atoms with Gasteiger partial charge in [0.2, 0.25) is 0 Å². The molecule has 0 radical (unpaired) electrons. The van der Waals surface area contributed by atoms with E-state index in [2.05, 4.69) is 0 Å². The predicted octanol–water partition coefficient (Wildman–Crippen LogP) is 3.89. The second-order valence-corrected chi connectivity index (χ2v) is 5.58. The smallest absolute Gasteiger partial charge is 0.349 e. The molecule has 0 aliphatic carbocycles. The lowest BCUT2D eigenvalue weighted by molar-refractivity contribution is -0.136. The van der Waals surface area contributed by atoms with Gasteiger partial charge in [-0.15, -0.1) is 0 Å². The number of benzene rings is 2. The summed E-state index contributed by atoms with van der Waals surface area (Å²) in [5.41, 5.74) is 0.307. The van der Waals surface area contributed by atoms with Gasteiger partial charge >= 0.3 is 11.9 Å². The quantitative estimate of drug-likeness (QED) is 0.585. The van der Waals surface area contributed by atoms with Crippen molar-refractivity contribution in [2.45, 2.75) is 20.0 Å². The van der Waals surface area contributed by atoms with Gasteiger partial charge in [-0.2, -0.15) is 0 Å². The van der Waals surface area contributed by atoms with Crippen LogP contribution in [-0.2, 0) is 9.53 Å². The van der Waals surface area contributed by atoms with Crippen molar-refractivity contribution in [1.29, 1.82) is 0 Å². The summed E-state index contributed by atoms with van der Waals surface area (Å²) < 4.78 is 15.6. The molecule has 0 aliphatic heterocycles. The number of hydrogen-bond donors (Lipinski definition) is 0. The number of carbonyl (C=O) groups is 2. The van der Waals surface area contributed by atoms with Gasteiger partial charge in [-0.3, -0.25) is 0 Å². The SMILES string of the molecule is CC(C)OC(=O)c1cccc(OC(=O)COc2ccccc2Cl)c1. The van der Waals surface area contributed by atoms with Crippen LogP contribution >= 0.6 is 11.6 Å². The molecule has 2 aromatic rings. The van der Waals surface area contributed by atoms with Gasteiger partial charge in [0.05, 0.1) is 16.7 Å². The minimum absolute atomic E-state index is 0.229. The molecule has 0 amide bonds. The molecule has 0 atom stereocenters. The van der Waals surface area contributed by atoms with E-state index in [-0.39, 0.29) is 18.5 Å². The van der Waals surface area contributed by atoms with Crippen molar-refractivity contribution >= 4 is 23.5 Å². The average molecular weight is 349 g/mol. The molecule has 2 aromatic carbocycles. The zero-order valence-corrected chi connectivity index (χ0v) is 14.1. The highest BCUT2D eigenvalue weighted by Gasteiger charge is 2.12. The first-order valence-electron chi connectivity index (χ1n) is 7.35. The summed E-state index contributed by atoms with van der Waals surface area (Å²) in [4.78, 5) is 23.7. The molecular formula is C18H17ClO5. The fourth-order valence-corrected chi connectivity index (χ4v) is 2.02. The molecule has 0 aliphatic rings. The number of halogens is 1. The summed E-state index contributed by atoms with van der Waals surface area (Å²) in [5.74, 6) is -0.453. The van der Waals surface area contributed by atoms with Gasteiger partial charge in [0.25, 0.3) is 0 Å². The van der Waals surface area contributed by atoms with Gasteiger partial charge in [-0.25, -0.2) is 9.59 Å². The predicted molar refractivity (Wildman–Crippen MR) is 89.6 cm³/mol. The minimum Gasteiger partial charge on any atom is -0.480 e. The Labute approximate surface area is 145 Å². The third-order valence-corrected chi connectivity index (χ3v) is 3.14. The average Bonchev–Trinajstić information content (AvgIpc) is 2.54. The van der Waals surface area contributed by atoms with Crippen LogP contribution in [0.1, 0.15) is 24.2 Å². The molecule has 0 aromatic heterocycles. The van der Waals surface area contributed by atoms with E-state index in [1.807, 2.05) is 0 Å². The van der Waals surface area contributed by atoms with Crippen LogP contribution in [-0.4, -0.2) is 24.6 Å². The molecule has 6 heteroatoms. The first-order chi connectivity index (χ1) is 11.5. The molecule has 0 heterocycles. The van der Waals surface area contributed by atoms with Gasteiger partial charge in [0.1, 0.15) is 11.5 Å². The molecule has 0 bridgehead atoms. The van der Waals surface area contributed by atoms with Crippen LogP contribution < -0.4 is 9.47 Å². The number of para-hydroxylation sites is 1. The lowest BCUT2D eigenvalue weighted by Gasteiger charge is -2.10. The molecule has 0 saturated heterocycles. The van der Waals surface area contributed by atoms with Crippen molar-refractivity contribution in [3.05, 3.63) is 59.1 Å². The Balaban J connectivity index is 1.94. The second-order valence-electron chi connectivity index (χ2n) is 5.18. The molecular weight excluding hydrogens is 332 g/mol. The maximum absolute atomic E-state index is 11.8. The first kappa shape index (κ1) is 17.8. The van der Waals surface area contributed by atoms with Crippen molar-refractivity contribution in [3.63, 3.8) is 0 Å². The topological polar surface area (TPSA) is 61.8 Å². The summed E-state index contributed by atoms with van der Waals surface area (Å²) in [5, 5.41) is 0.406. The zero-order chi connectivity index (χ0) is 17.5. The molecule has 0 spiro atoms. The summed E-state index contributed by atoms with van der Waals surface area (Å²) in [6, 6.07) is 13.0. The van der Waals surface area contributed by atoms with Crippen LogP contribution in [0.15, 0.2) is 48.5 Å². The van der Waals surface area contributed by atoms with Crippen molar-refractivity contribution in [3.8, 4) is 11.5 Å². The highest BCUT2D eigenvalue weighted by molar-refractivity contribution is 6.32. The van der Waals surface area contributed by atoms with Crippen LogP contribution in [0, 0.1) is 0 Å². The first-order valence-corrected chi connectivity index (χ1v) is 7.72. The largest absolute Gasteiger partial charge is 0.480 e. The van der Waals surface area contributed by atoms with Gasteiger partial charge in [0, 0.05) is 0 Å². The van der Waals surface area contributed by atoms with Crippen LogP contribution in [0.4, 0.5) is 0 Å². The molecule has 0 fully saturated rings. The van der Waals surface area contributed by atoms with E-state index in [9.17, 15) is 9.59 Å². The fourth-order valence-electron chi connectivity index (χ4n) is 1.83. The Bertz CT molecular complexity index is 727. The maximum atomic E-state index is 11.8.